The molecule has 27 heavy (non-hydrogen) atoms. The van der Waals surface area contributed by atoms with Gasteiger partial charge in [0.05, 0.1) is 6.54 Å². The lowest BCUT2D eigenvalue weighted by Crippen LogP contribution is -2.47. The van der Waals surface area contributed by atoms with Gasteiger partial charge in [0, 0.05) is 35.5 Å². The molecule has 1 aromatic heterocycles. The number of piperidine rings is 1. The van der Waals surface area contributed by atoms with Crippen LogP contribution in [-0.4, -0.2) is 36.0 Å². The van der Waals surface area contributed by atoms with Gasteiger partial charge in [-0.3, -0.25) is 4.79 Å². The summed E-state index contributed by atoms with van der Waals surface area (Å²) in [6.45, 7) is 5.97. The van der Waals surface area contributed by atoms with Crippen LogP contribution >= 0.6 is 11.3 Å². The zero-order valence-corrected chi connectivity index (χ0v) is 16.7. The number of thiophene rings is 1. The first kappa shape index (κ1) is 19.4. The highest BCUT2D eigenvalue weighted by Crippen LogP contribution is 2.27. The average Bonchev–Trinajstić information content (AvgIpc) is 3.19. The third kappa shape index (κ3) is 5.32. The molecule has 1 aliphatic heterocycles. The molecule has 6 heteroatoms. The Hall–Kier alpha value is -2.34. The minimum atomic E-state index is -0.0598. The Labute approximate surface area is 164 Å². The maximum atomic E-state index is 12.5. The van der Waals surface area contributed by atoms with E-state index in [9.17, 15) is 9.59 Å². The Kier molecular flexibility index (Phi) is 6.50. The summed E-state index contributed by atoms with van der Waals surface area (Å²) >= 11 is 1.63. The number of benzene rings is 1. The van der Waals surface area contributed by atoms with Crippen LogP contribution in [0.15, 0.2) is 41.8 Å². The summed E-state index contributed by atoms with van der Waals surface area (Å²) in [7, 11) is 0. The van der Waals surface area contributed by atoms with Gasteiger partial charge in [-0.25, -0.2) is 4.79 Å². The Bertz CT molecular complexity index is 773. The van der Waals surface area contributed by atoms with E-state index >= 15 is 0 Å². The Morgan fingerprint density at radius 3 is 2.85 bits per heavy atom. The molecule has 3 amide bonds. The van der Waals surface area contributed by atoms with Crippen molar-refractivity contribution in [1.29, 1.82) is 0 Å². The van der Waals surface area contributed by atoms with Crippen LogP contribution in [-0.2, 0) is 6.54 Å². The van der Waals surface area contributed by atoms with Gasteiger partial charge in [0.2, 0.25) is 0 Å². The molecule has 0 unspecified atom stereocenters. The predicted octanol–water partition coefficient (Wildman–Crippen LogP) is 3.98. The first-order chi connectivity index (χ1) is 13.0. The van der Waals surface area contributed by atoms with E-state index in [0.29, 0.717) is 18.7 Å². The molecule has 0 bridgehead atoms. The van der Waals surface area contributed by atoms with Crippen molar-refractivity contribution in [1.82, 2.24) is 15.5 Å². The molecule has 144 valence electrons. The van der Waals surface area contributed by atoms with E-state index in [1.807, 2.05) is 54.5 Å². The number of amides is 3. The van der Waals surface area contributed by atoms with E-state index in [0.717, 1.165) is 29.8 Å². The lowest BCUT2D eigenvalue weighted by molar-refractivity contribution is 0.0951. The lowest BCUT2D eigenvalue weighted by atomic mass is 9.89. The van der Waals surface area contributed by atoms with Gasteiger partial charge < -0.3 is 15.5 Å². The molecule has 0 radical (unpaired) electrons. The van der Waals surface area contributed by atoms with Crippen LogP contribution in [0.2, 0.25) is 0 Å². The summed E-state index contributed by atoms with van der Waals surface area (Å²) in [4.78, 5) is 27.8. The van der Waals surface area contributed by atoms with E-state index in [4.69, 9.17) is 0 Å². The van der Waals surface area contributed by atoms with Gasteiger partial charge in [-0.2, -0.15) is 0 Å². The van der Waals surface area contributed by atoms with E-state index in [-0.39, 0.29) is 23.9 Å². The first-order valence-electron chi connectivity index (χ1n) is 9.49. The van der Waals surface area contributed by atoms with E-state index < -0.39 is 0 Å². The second-order valence-electron chi connectivity index (χ2n) is 7.28. The molecule has 3 rings (SSSR count). The number of hydrogen-bond donors (Lipinski definition) is 2. The number of urea groups is 1. The highest BCUT2D eigenvalue weighted by atomic mass is 32.1. The molecule has 1 fully saturated rings. The molecule has 5 nitrogen and oxygen atoms in total. The topological polar surface area (TPSA) is 61.4 Å². The van der Waals surface area contributed by atoms with Gasteiger partial charge in [-0.1, -0.05) is 18.2 Å². The van der Waals surface area contributed by atoms with Gasteiger partial charge in [0.1, 0.15) is 0 Å². The van der Waals surface area contributed by atoms with Crippen molar-refractivity contribution in [3.05, 3.63) is 57.8 Å². The summed E-state index contributed by atoms with van der Waals surface area (Å²) in [5.74, 6) is 0.206. The summed E-state index contributed by atoms with van der Waals surface area (Å²) in [6.07, 6.45) is 2.01. The van der Waals surface area contributed by atoms with Gasteiger partial charge in [0.15, 0.2) is 0 Å². The van der Waals surface area contributed by atoms with Crippen LogP contribution in [0.25, 0.3) is 0 Å². The third-order valence-electron chi connectivity index (χ3n) is 4.74. The first-order valence-corrected chi connectivity index (χ1v) is 10.4. The molecule has 0 aliphatic carbocycles. The van der Waals surface area contributed by atoms with Crippen molar-refractivity contribution in [2.45, 2.75) is 45.2 Å². The molecule has 1 aromatic carbocycles. The Morgan fingerprint density at radius 2 is 2.11 bits per heavy atom. The molecule has 2 N–H and O–H groups in total. The van der Waals surface area contributed by atoms with E-state index in [2.05, 4.69) is 16.7 Å². The van der Waals surface area contributed by atoms with Crippen LogP contribution < -0.4 is 10.6 Å². The molecular weight excluding hydrogens is 358 g/mol. The van der Waals surface area contributed by atoms with Gasteiger partial charge in [0.25, 0.3) is 5.91 Å². The van der Waals surface area contributed by atoms with Crippen LogP contribution in [0, 0.1) is 0 Å². The van der Waals surface area contributed by atoms with Crippen LogP contribution in [0.1, 0.15) is 53.4 Å². The smallest absolute Gasteiger partial charge is 0.317 e. The molecule has 1 aliphatic rings. The van der Waals surface area contributed by atoms with Crippen LogP contribution in [0.4, 0.5) is 4.79 Å². The zero-order chi connectivity index (χ0) is 19.2. The molecule has 1 saturated heterocycles. The minimum Gasteiger partial charge on any atom is -0.347 e. The summed E-state index contributed by atoms with van der Waals surface area (Å²) < 4.78 is 0. The van der Waals surface area contributed by atoms with Crippen LogP contribution in [0.3, 0.4) is 0 Å². The molecule has 0 saturated carbocycles. The normalized spacial score (nSPS) is 17.0. The maximum absolute atomic E-state index is 12.5. The van der Waals surface area contributed by atoms with Crippen LogP contribution in [0.5, 0.6) is 0 Å². The highest BCUT2D eigenvalue weighted by molar-refractivity contribution is 7.09. The fraction of sp³-hybridized carbons (Fsp3) is 0.429. The second-order valence-corrected chi connectivity index (χ2v) is 8.31. The fourth-order valence-corrected chi connectivity index (χ4v) is 4.03. The number of nitrogens with one attached hydrogen (secondary N) is 2. The third-order valence-corrected chi connectivity index (χ3v) is 5.62. The van der Waals surface area contributed by atoms with Crippen molar-refractivity contribution in [2.24, 2.45) is 0 Å². The van der Waals surface area contributed by atoms with Crippen molar-refractivity contribution in [3.63, 3.8) is 0 Å². The number of likely N-dealkylation sites (tertiary alicyclic amines) is 1. The summed E-state index contributed by atoms with van der Waals surface area (Å²) in [5.41, 5.74) is 1.80. The largest absolute Gasteiger partial charge is 0.347 e. The molecule has 2 aromatic rings. The van der Waals surface area contributed by atoms with E-state index in [1.165, 1.54) is 0 Å². The van der Waals surface area contributed by atoms with E-state index in [1.54, 1.807) is 11.3 Å². The fourth-order valence-electron chi connectivity index (χ4n) is 3.39. The number of carbonyl (C=O) groups excluding carboxylic acids is 2. The Morgan fingerprint density at radius 1 is 1.26 bits per heavy atom. The minimum absolute atomic E-state index is 0.000421. The predicted molar refractivity (Wildman–Crippen MR) is 109 cm³/mol. The quantitative estimate of drug-likeness (QED) is 0.818. The Balaban J connectivity index is 1.63. The average molecular weight is 386 g/mol. The van der Waals surface area contributed by atoms with Crippen molar-refractivity contribution >= 4 is 23.3 Å². The number of hydrogen-bond acceptors (Lipinski definition) is 3. The van der Waals surface area contributed by atoms with Gasteiger partial charge >= 0.3 is 6.03 Å². The molecular formula is C21H27N3O2S. The number of carbonyl (C=O) groups is 2. The molecule has 0 spiro atoms. The lowest BCUT2D eigenvalue weighted by Gasteiger charge is -2.33. The highest BCUT2D eigenvalue weighted by Gasteiger charge is 2.25. The zero-order valence-electron chi connectivity index (χ0n) is 15.9. The molecule has 2 heterocycles. The summed E-state index contributed by atoms with van der Waals surface area (Å²) in [5, 5.41) is 7.95. The van der Waals surface area contributed by atoms with Gasteiger partial charge in [-0.05, 0) is 55.8 Å². The maximum Gasteiger partial charge on any atom is 0.317 e. The standard InChI is InChI=1S/C21H27N3O2S/c1-15(2)23-21(26)24-10-4-8-18(14-24)16-6-3-7-17(12-16)20(25)22-13-19-9-5-11-27-19/h3,5-7,9,11-12,15,18H,4,8,10,13-14H2,1-2H3,(H,22,25)(H,23,26)/t18-/m0/s1. The van der Waals surface area contributed by atoms with Gasteiger partial charge in [-0.15, -0.1) is 11.3 Å². The number of rotatable bonds is 5. The summed E-state index contributed by atoms with van der Waals surface area (Å²) in [6, 6.07) is 11.9. The van der Waals surface area contributed by atoms with Crippen molar-refractivity contribution in [3.8, 4) is 0 Å². The second kappa shape index (κ2) is 9.04. The monoisotopic (exact) mass is 385 g/mol. The SMILES string of the molecule is CC(C)NC(=O)N1CCC[C@H](c2cccc(C(=O)NCc3cccs3)c2)C1. The number of nitrogens with zero attached hydrogens (tertiary/aromatic N) is 1. The molecule has 1 atom stereocenters. The van der Waals surface area contributed by atoms with Crippen molar-refractivity contribution in [2.75, 3.05) is 13.1 Å². The van der Waals surface area contributed by atoms with Crippen molar-refractivity contribution < 1.29 is 9.59 Å².